The highest BCUT2D eigenvalue weighted by atomic mass is 16.1. The molecule has 64 valence electrons. The van der Waals surface area contributed by atoms with Crippen LogP contribution in [-0.2, 0) is 0 Å². The van der Waals surface area contributed by atoms with E-state index in [0.717, 1.165) is 0 Å². The molecule has 0 unspecified atom stereocenters. The van der Waals surface area contributed by atoms with E-state index in [2.05, 4.69) is 11.1 Å². The summed E-state index contributed by atoms with van der Waals surface area (Å²) in [6, 6.07) is 7.22. The fourth-order valence-electron chi connectivity index (χ4n) is 1.26. The first-order valence-corrected chi connectivity index (χ1v) is 4.16. The van der Waals surface area contributed by atoms with Crippen molar-refractivity contribution in [3.05, 3.63) is 30.1 Å². The summed E-state index contributed by atoms with van der Waals surface area (Å²) >= 11 is 0. The monoisotopic (exact) mass is 172 g/mol. The van der Waals surface area contributed by atoms with Crippen molar-refractivity contribution in [1.29, 1.82) is 5.26 Å². The normalized spacial score (nSPS) is 17.5. The van der Waals surface area contributed by atoms with Crippen LogP contribution in [-0.4, -0.2) is 10.8 Å². The van der Waals surface area contributed by atoms with Gasteiger partial charge in [0.15, 0.2) is 0 Å². The predicted octanol–water partition coefficient (Wildman–Crippen LogP) is 1.57. The van der Waals surface area contributed by atoms with Crippen molar-refractivity contribution >= 4 is 5.78 Å². The molecule has 1 fully saturated rings. The fraction of sp³-hybridized carbons (Fsp3) is 0.300. The maximum Gasteiger partial charge on any atom is 0.201 e. The van der Waals surface area contributed by atoms with Gasteiger partial charge in [0.05, 0.1) is 6.07 Å². The van der Waals surface area contributed by atoms with Crippen LogP contribution in [0.5, 0.6) is 0 Å². The van der Waals surface area contributed by atoms with Crippen LogP contribution in [0.2, 0.25) is 0 Å². The Hall–Kier alpha value is -1.69. The minimum atomic E-state index is -0.742. The molecule has 2 rings (SSSR count). The first-order chi connectivity index (χ1) is 6.28. The number of nitriles is 1. The van der Waals surface area contributed by atoms with E-state index in [1.54, 1.807) is 24.4 Å². The zero-order valence-electron chi connectivity index (χ0n) is 7.03. The summed E-state index contributed by atoms with van der Waals surface area (Å²) in [6.07, 6.45) is 2.93. The second-order valence-corrected chi connectivity index (χ2v) is 3.24. The van der Waals surface area contributed by atoms with Crippen molar-refractivity contribution in [2.45, 2.75) is 12.8 Å². The van der Waals surface area contributed by atoms with E-state index in [1.807, 2.05) is 0 Å². The van der Waals surface area contributed by atoms with Gasteiger partial charge < -0.3 is 0 Å². The third-order valence-corrected chi connectivity index (χ3v) is 2.30. The average Bonchev–Trinajstić information content (AvgIpc) is 2.99. The Morgan fingerprint density at radius 2 is 2.31 bits per heavy atom. The lowest BCUT2D eigenvalue weighted by molar-refractivity contribution is 0.0929. The molecule has 0 radical (unpaired) electrons. The molecule has 1 aromatic heterocycles. The van der Waals surface area contributed by atoms with Crippen molar-refractivity contribution in [3.63, 3.8) is 0 Å². The van der Waals surface area contributed by atoms with Gasteiger partial charge in [-0.3, -0.25) is 9.78 Å². The van der Waals surface area contributed by atoms with Crippen LogP contribution in [0.1, 0.15) is 23.3 Å². The minimum absolute atomic E-state index is 0.129. The summed E-state index contributed by atoms with van der Waals surface area (Å²) < 4.78 is 0. The van der Waals surface area contributed by atoms with E-state index in [4.69, 9.17) is 5.26 Å². The number of hydrogen-bond donors (Lipinski definition) is 0. The van der Waals surface area contributed by atoms with E-state index < -0.39 is 5.41 Å². The molecule has 0 saturated heterocycles. The molecule has 0 aliphatic heterocycles. The predicted molar refractivity (Wildman–Crippen MR) is 45.8 cm³/mol. The largest absolute Gasteiger partial charge is 0.291 e. The Bertz CT molecular complexity index is 374. The van der Waals surface area contributed by atoms with Crippen LogP contribution in [0.4, 0.5) is 0 Å². The number of aromatic nitrogens is 1. The Kier molecular flexibility index (Phi) is 1.63. The van der Waals surface area contributed by atoms with E-state index >= 15 is 0 Å². The number of carbonyl (C=O) groups excluding carboxylic acids is 1. The maximum absolute atomic E-state index is 11.7. The van der Waals surface area contributed by atoms with Gasteiger partial charge in [-0.25, -0.2) is 0 Å². The molecule has 0 amide bonds. The molecule has 0 N–H and O–H groups in total. The highest BCUT2D eigenvalue weighted by molar-refractivity contribution is 6.02. The SMILES string of the molecule is N#CC1(C(=O)c2ccccn2)CC1. The van der Waals surface area contributed by atoms with Gasteiger partial charge in [-0.2, -0.15) is 5.26 Å². The Morgan fingerprint density at radius 3 is 2.77 bits per heavy atom. The Labute approximate surface area is 76.0 Å². The second-order valence-electron chi connectivity index (χ2n) is 3.24. The van der Waals surface area contributed by atoms with Gasteiger partial charge in [-0.1, -0.05) is 6.07 Å². The number of pyridine rings is 1. The smallest absolute Gasteiger partial charge is 0.201 e. The lowest BCUT2D eigenvalue weighted by atomic mass is 10.0. The van der Waals surface area contributed by atoms with Gasteiger partial charge in [0.2, 0.25) is 5.78 Å². The molecule has 0 bridgehead atoms. The van der Waals surface area contributed by atoms with Gasteiger partial charge in [-0.15, -0.1) is 0 Å². The zero-order valence-corrected chi connectivity index (χ0v) is 7.03. The third-order valence-electron chi connectivity index (χ3n) is 2.30. The summed E-state index contributed by atoms with van der Waals surface area (Å²) in [5.74, 6) is -0.129. The molecule has 3 heteroatoms. The Morgan fingerprint density at radius 1 is 1.54 bits per heavy atom. The number of rotatable bonds is 2. The van der Waals surface area contributed by atoms with Gasteiger partial charge in [-0.05, 0) is 25.0 Å². The van der Waals surface area contributed by atoms with Crippen LogP contribution in [0.25, 0.3) is 0 Å². The highest BCUT2D eigenvalue weighted by Gasteiger charge is 2.51. The second kappa shape index (κ2) is 2.67. The van der Waals surface area contributed by atoms with Crippen molar-refractivity contribution in [3.8, 4) is 6.07 Å². The molecule has 3 nitrogen and oxygen atoms in total. The molecule has 0 atom stereocenters. The molecule has 1 saturated carbocycles. The molecular formula is C10H8N2O. The molecule has 1 aliphatic carbocycles. The zero-order chi connectivity index (χ0) is 9.31. The summed E-state index contributed by atoms with van der Waals surface area (Å²) in [7, 11) is 0. The lowest BCUT2D eigenvalue weighted by Crippen LogP contribution is -2.14. The lowest BCUT2D eigenvalue weighted by Gasteiger charge is -2.02. The summed E-state index contributed by atoms with van der Waals surface area (Å²) in [5, 5.41) is 8.79. The molecule has 0 aromatic carbocycles. The number of carbonyl (C=O) groups is 1. The van der Waals surface area contributed by atoms with E-state index in [-0.39, 0.29) is 5.78 Å². The van der Waals surface area contributed by atoms with Gasteiger partial charge in [0.25, 0.3) is 0 Å². The van der Waals surface area contributed by atoms with Gasteiger partial charge >= 0.3 is 0 Å². The van der Waals surface area contributed by atoms with Crippen LogP contribution in [0.15, 0.2) is 24.4 Å². The summed E-state index contributed by atoms with van der Waals surface area (Å²) in [6.45, 7) is 0. The number of Topliss-reactive ketones (excluding diaryl/α,β-unsaturated/α-hetero) is 1. The van der Waals surface area contributed by atoms with Crippen LogP contribution in [0.3, 0.4) is 0 Å². The average molecular weight is 172 g/mol. The summed E-state index contributed by atoms with van der Waals surface area (Å²) in [5.41, 5.74) is -0.337. The molecular weight excluding hydrogens is 164 g/mol. The molecule has 0 spiro atoms. The van der Waals surface area contributed by atoms with Crippen molar-refractivity contribution in [1.82, 2.24) is 4.98 Å². The first-order valence-electron chi connectivity index (χ1n) is 4.16. The quantitative estimate of drug-likeness (QED) is 0.636. The maximum atomic E-state index is 11.7. The third kappa shape index (κ3) is 1.20. The Balaban J connectivity index is 2.30. The number of hydrogen-bond acceptors (Lipinski definition) is 3. The van der Waals surface area contributed by atoms with Gasteiger partial charge in [0, 0.05) is 6.20 Å². The van der Waals surface area contributed by atoms with Crippen molar-refractivity contribution in [2.75, 3.05) is 0 Å². The molecule has 13 heavy (non-hydrogen) atoms. The number of nitrogens with zero attached hydrogens (tertiary/aromatic N) is 2. The summed E-state index contributed by atoms with van der Waals surface area (Å²) in [4.78, 5) is 15.6. The molecule has 1 heterocycles. The van der Waals surface area contributed by atoms with Crippen molar-refractivity contribution < 1.29 is 4.79 Å². The number of ketones is 1. The first kappa shape index (κ1) is 7.93. The molecule has 1 aliphatic rings. The highest BCUT2D eigenvalue weighted by Crippen LogP contribution is 2.47. The standard InChI is InChI=1S/C10H8N2O/c11-7-10(4-5-10)9(13)8-3-1-2-6-12-8/h1-3,6H,4-5H2. The van der Waals surface area contributed by atoms with E-state index in [9.17, 15) is 4.79 Å². The minimum Gasteiger partial charge on any atom is -0.291 e. The van der Waals surface area contributed by atoms with Crippen LogP contribution in [0, 0.1) is 16.7 Å². The van der Waals surface area contributed by atoms with Crippen LogP contribution < -0.4 is 0 Å². The van der Waals surface area contributed by atoms with Crippen molar-refractivity contribution in [2.24, 2.45) is 5.41 Å². The van der Waals surface area contributed by atoms with E-state index in [0.29, 0.717) is 18.5 Å². The fourth-order valence-corrected chi connectivity index (χ4v) is 1.26. The molecule has 1 aromatic rings. The van der Waals surface area contributed by atoms with E-state index in [1.165, 1.54) is 0 Å². The van der Waals surface area contributed by atoms with Gasteiger partial charge in [0.1, 0.15) is 11.1 Å². The topological polar surface area (TPSA) is 53.8 Å². The van der Waals surface area contributed by atoms with Crippen LogP contribution >= 0.6 is 0 Å².